The van der Waals surface area contributed by atoms with Crippen LogP contribution < -0.4 is 5.32 Å². The number of carbonyl (C=O) groups is 1. The van der Waals surface area contributed by atoms with Crippen LogP contribution in [-0.4, -0.2) is 18.9 Å². The van der Waals surface area contributed by atoms with Gasteiger partial charge in [0.15, 0.2) is 5.78 Å². The molecule has 2 nitrogen and oxygen atoms in total. The zero-order valence-electron chi connectivity index (χ0n) is 9.83. The minimum absolute atomic E-state index is 0.214. The van der Waals surface area contributed by atoms with Crippen LogP contribution in [0.15, 0.2) is 36.9 Å². The van der Waals surface area contributed by atoms with Gasteiger partial charge in [-0.3, -0.25) is 4.79 Å². The van der Waals surface area contributed by atoms with Crippen LogP contribution >= 0.6 is 0 Å². The minimum Gasteiger partial charge on any atom is -0.307 e. The van der Waals surface area contributed by atoms with E-state index >= 15 is 0 Å². The van der Waals surface area contributed by atoms with E-state index < -0.39 is 0 Å². The lowest BCUT2D eigenvalue weighted by Crippen LogP contribution is -2.24. The van der Waals surface area contributed by atoms with E-state index in [-0.39, 0.29) is 5.78 Å². The zero-order chi connectivity index (χ0) is 11.8. The van der Waals surface area contributed by atoms with Crippen LogP contribution in [0.3, 0.4) is 0 Å². The highest BCUT2D eigenvalue weighted by atomic mass is 16.1. The third kappa shape index (κ3) is 4.41. The van der Waals surface area contributed by atoms with Gasteiger partial charge in [-0.25, -0.2) is 0 Å². The topological polar surface area (TPSA) is 29.1 Å². The molecule has 0 radical (unpaired) electrons. The smallest absolute Gasteiger partial charge is 0.150 e. The van der Waals surface area contributed by atoms with Crippen LogP contribution in [0, 0.1) is 0 Å². The number of aryl methyl sites for hydroxylation is 1. The summed E-state index contributed by atoms with van der Waals surface area (Å²) in [6, 6.07) is 8.23. The van der Waals surface area contributed by atoms with Crippen LogP contribution in [0.25, 0.3) is 0 Å². The molecular formula is C14H19NO. The molecule has 0 fully saturated rings. The first-order chi connectivity index (χ1) is 7.76. The standard InChI is InChI=1S/C14H19NO/c1-3-9-15-11-14(16)10-13-7-5-12(4-2)6-8-13/h3,5-8,15H,1,4,9-11H2,2H3. The van der Waals surface area contributed by atoms with Crippen molar-refractivity contribution in [3.63, 3.8) is 0 Å². The van der Waals surface area contributed by atoms with Gasteiger partial charge in [0.1, 0.15) is 0 Å². The first-order valence-electron chi connectivity index (χ1n) is 5.67. The Morgan fingerprint density at radius 3 is 2.50 bits per heavy atom. The second-order valence-corrected chi connectivity index (χ2v) is 3.81. The summed E-state index contributed by atoms with van der Waals surface area (Å²) in [7, 11) is 0. The molecule has 1 aromatic rings. The molecule has 0 aliphatic carbocycles. The molecule has 0 aromatic heterocycles. The van der Waals surface area contributed by atoms with Crippen molar-refractivity contribution in [2.24, 2.45) is 0 Å². The van der Waals surface area contributed by atoms with Crippen molar-refractivity contribution in [2.45, 2.75) is 19.8 Å². The second-order valence-electron chi connectivity index (χ2n) is 3.81. The molecule has 0 saturated carbocycles. The van der Waals surface area contributed by atoms with Gasteiger partial charge in [-0.15, -0.1) is 6.58 Å². The van der Waals surface area contributed by atoms with Crippen LogP contribution in [0.1, 0.15) is 18.1 Å². The molecule has 1 rings (SSSR count). The van der Waals surface area contributed by atoms with Gasteiger partial charge >= 0.3 is 0 Å². The van der Waals surface area contributed by atoms with E-state index in [0.717, 1.165) is 12.0 Å². The Morgan fingerprint density at radius 1 is 1.31 bits per heavy atom. The molecule has 0 spiro atoms. The highest BCUT2D eigenvalue weighted by molar-refractivity contribution is 5.82. The van der Waals surface area contributed by atoms with Crippen molar-refractivity contribution in [3.05, 3.63) is 48.0 Å². The summed E-state index contributed by atoms with van der Waals surface area (Å²) in [5.74, 6) is 0.214. The molecule has 1 N–H and O–H groups in total. The summed E-state index contributed by atoms with van der Waals surface area (Å²) in [6.45, 7) is 6.81. The van der Waals surface area contributed by atoms with Gasteiger partial charge in [0.05, 0.1) is 6.54 Å². The molecule has 0 amide bonds. The second kappa shape index (κ2) is 6.96. The Kier molecular flexibility index (Phi) is 5.51. The van der Waals surface area contributed by atoms with E-state index in [1.165, 1.54) is 5.56 Å². The van der Waals surface area contributed by atoms with Crippen LogP contribution in [-0.2, 0) is 17.6 Å². The van der Waals surface area contributed by atoms with Crippen molar-refractivity contribution in [2.75, 3.05) is 13.1 Å². The number of hydrogen-bond donors (Lipinski definition) is 1. The minimum atomic E-state index is 0.214. The molecule has 0 atom stereocenters. The monoisotopic (exact) mass is 217 g/mol. The van der Waals surface area contributed by atoms with Gasteiger partial charge in [-0.1, -0.05) is 37.3 Å². The number of rotatable bonds is 7. The largest absolute Gasteiger partial charge is 0.307 e. The molecule has 16 heavy (non-hydrogen) atoms. The SMILES string of the molecule is C=CCNCC(=O)Cc1ccc(CC)cc1. The molecule has 0 unspecified atom stereocenters. The van der Waals surface area contributed by atoms with Gasteiger partial charge in [0.2, 0.25) is 0 Å². The average Bonchev–Trinajstić information content (AvgIpc) is 2.30. The predicted octanol–water partition coefficient (Wildman–Crippen LogP) is 2.14. The van der Waals surface area contributed by atoms with E-state index in [1.807, 2.05) is 12.1 Å². The number of benzene rings is 1. The molecule has 0 heterocycles. The van der Waals surface area contributed by atoms with Crippen molar-refractivity contribution >= 4 is 5.78 Å². The quantitative estimate of drug-likeness (QED) is 0.560. The molecule has 0 bridgehead atoms. The lowest BCUT2D eigenvalue weighted by molar-refractivity contribution is -0.117. The number of nitrogens with one attached hydrogen (secondary N) is 1. The summed E-state index contributed by atoms with van der Waals surface area (Å²) in [4.78, 5) is 11.5. The average molecular weight is 217 g/mol. The summed E-state index contributed by atoms with van der Waals surface area (Å²) >= 11 is 0. The molecule has 0 saturated heterocycles. The number of hydrogen-bond acceptors (Lipinski definition) is 2. The lowest BCUT2D eigenvalue weighted by atomic mass is 10.1. The first-order valence-corrected chi connectivity index (χ1v) is 5.67. The molecule has 0 aliphatic heterocycles. The Morgan fingerprint density at radius 2 is 1.94 bits per heavy atom. The van der Waals surface area contributed by atoms with E-state index in [4.69, 9.17) is 0 Å². The third-order valence-corrected chi connectivity index (χ3v) is 2.44. The first kappa shape index (κ1) is 12.7. The summed E-state index contributed by atoms with van der Waals surface area (Å²) in [5, 5.41) is 3.01. The van der Waals surface area contributed by atoms with E-state index in [9.17, 15) is 4.79 Å². The number of ketones is 1. The summed E-state index contributed by atoms with van der Waals surface area (Å²) in [5.41, 5.74) is 2.39. The highest BCUT2D eigenvalue weighted by Gasteiger charge is 2.02. The van der Waals surface area contributed by atoms with E-state index in [1.54, 1.807) is 6.08 Å². The van der Waals surface area contributed by atoms with Gasteiger partial charge in [0, 0.05) is 13.0 Å². The fourth-order valence-electron chi connectivity index (χ4n) is 1.50. The van der Waals surface area contributed by atoms with E-state index in [2.05, 4.69) is 31.0 Å². The Labute approximate surface area is 97.4 Å². The zero-order valence-corrected chi connectivity index (χ0v) is 9.83. The fraction of sp³-hybridized carbons (Fsp3) is 0.357. The Balaban J connectivity index is 2.40. The predicted molar refractivity (Wildman–Crippen MR) is 67.6 cm³/mol. The Bertz CT molecular complexity index is 340. The van der Waals surface area contributed by atoms with Crippen LogP contribution in [0.2, 0.25) is 0 Å². The van der Waals surface area contributed by atoms with Gasteiger partial charge in [0.25, 0.3) is 0 Å². The highest BCUT2D eigenvalue weighted by Crippen LogP contribution is 2.05. The van der Waals surface area contributed by atoms with Gasteiger partial charge in [-0.05, 0) is 17.5 Å². The van der Waals surface area contributed by atoms with Crippen molar-refractivity contribution in [1.82, 2.24) is 5.32 Å². The Hall–Kier alpha value is -1.41. The third-order valence-electron chi connectivity index (χ3n) is 2.44. The van der Waals surface area contributed by atoms with Crippen molar-refractivity contribution < 1.29 is 4.79 Å². The van der Waals surface area contributed by atoms with Gasteiger partial charge in [-0.2, -0.15) is 0 Å². The number of Topliss-reactive ketones (excluding diaryl/α,β-unsaturated/α-hetero) is 1. The maximum atomic E-state index is 11.5. The molecule has 86 valence electrons. The van der Waals surface area contributed by atoms with Crippen molar-refractivity contribution in [3.8, 4) is 0 Å². The summed E-state index contributed by atoms with van der Waals surface area (Å²) < 4.78 is 0. The number of carbonyl (C=O) groups excluding carboxylic acids is 1. The van der Waals surface area contributed by atoms with Crippen LogP contribution in [0.5, 0.6) is 0 Å². The molecule has 2 heteroatoms. The summed E-state index contributed by atoms with van der Waals surface area (Å²) in [6.07, 6.45) is 3.30. The molecule has 1 aromatic carbocycles. The molecule has 0 aliphatic rings. The normalized spacial score (nSPS) is 10.1. The van der Waals surface area contributed by atoms with Crippen molar-refractivity contribution in [1.29, 1.82) is 0 Å². The van der Waals surface area contributed by atoms with E-state index in [0.29, 0.717) is 19.5 Å². The van der Waals surface area contributed by atoms with Gasteiger partial charge < -0.3 is 5.32 Å². The lowest BCUT2D eigenvalue weighted by Gasteiger charge is -2.03. The van der Waals surface area contributed by atoms with Crippen LogP contribution in [0.4, 0.5) is 0 Å². The fourth-order valence-corrected chi connectivity index (χ4v) is 1.50. The maximum absolute atomic E-state index is 11.5. The maximum Gasteiger partial charge on any atom is 0.150 e. The molecular weight excluding hydrogens is 198 g/mol.